The second-order valence-electron chi connectivity index (χ2n) is 1.73. The lowest BCUT2D eigenvalue weighted by atomic mass is 10.8. The van der Waals surface area contributed by atoms with Crippen molar-refractivity contribution in [2.24, 2.45) is 0 Å². The van der Waals surface area contributed by atoms with Crippen LogP contribution in [-0.4, -0.2) is 39.3 Å². The maximum Gasteiger partial charge on any atom is 0.413 e. The highest BCUT2D eigenvalue weighted by Gasteiger charge is 2.21. The Hall–Kier alpha value is 0.448. The molecule has 0 aromatic heterocycles. The predicted molar refractivity (Wildman–Crippen MR) is 42.2 cm³/mol. The van der Waals surface area contributed by atoms with E-state index in [1.807, 2.05) is 6.92 Å². The molecule has 4 nitrogen and oxygen atoms in total. The number of hydrogen-bond acceptors (Lipinski definition) is 4. The molecular formula is C3H5O4Si4. The Bertz CT molecular complexity index is 133. The van der Waals surface area contributed by atoms with E-state index < -0.39 is 9.28 Å². The average molecular weight is 217 g/mol. The molecule has 0 spiro atoms. The molecule has 0 bridgehead atoms. The standard InChI is InChI=1S/C3H5O4Si4/c1-3(2)11-6-9-4-8-5-10-7-11/h1H2,2H3. The van der Waals surface area contributed by atoms with Crippen molar-refractivity contribution in [1.29, 1.82) is 0 Å². The zero-order chi connectivity index (χ0) is 8.10. The van der Waals surface area contributed by atoms with Gasteiger partial charge >= 0.3 is 39.3 Å². The van der Waals surface area contributed by atoms with E-state index >= 15 is 0 Å². The summed E-state index contributed by atoms with van der Waals surface area (Å²) >= 11 is 0. The van der Waals surface area contributed by atoms with Crippen molar-refractivity contribution in [2.75, 3.05) is 0 Å². The van der Waals surface area contributed by atoms with Gasteiger partial charge in [0.15, 0.2) is 0 Å². The molecular weight excluding hydrogens is 212 g/mol. The van der Waals surface area contributed by atoms with Crippen LogP contribution < -0.4 is 0 Å². The molecule has 1 aliphatic heterocycles. The molecule has 0 saturated carbocycles. The first kappa shape index (κ1) is 9.53. The Balaban J connectivity index is 2.32. The first-order valence-electron chi connectivity index (χ1n) is 2.74. The first-order valence-corrected chi connectivity index (χ1v) is 6.50. The molecule has 0 atom stereocenters. The van der Waals surface area contributed by atoms with Gasteiger partial charge in [0.1, 0.15) is 0 Å². The number of rotatable bonds is 1. The molecule has 0 unspecified atom stereocenters. The highest BCUT2D eigenvalue weighted by Crippen LogP contribution is 2.00. The van der Waals surface area contributed by atoms with Crippen molar-refractivity contribution in [1.82, 2.24) is 0 Å². The summed E-state index contributed by atoms with van der Waals surface area (Å²) < 4.78 is 20.5. The third-order valence-electron chi connectivity index (χ3n) is 0.784. The Kier molecular flexibility index (Phi) is 4.47. The maximum absolute atomic E-state index is 5.26. The van der Waals surface area contributed by atoms with Crippen LogP contribution in [0.1, 0.15) is 6.92 Å². The lowest BCUT2D eigenvalue weighted by Gasteiger charge is -2.15. The Morgan fingerprint density at radius 1 is 1.18 bits per heavy atom. The summed E-state index contributed by atoms with van der Waals surface area (Å²) in [7, 11) is -1.28. The molecule has 1 aliphatic rings. The van der Waals surface area contributed by atoms with Crippen LogP contribution in [0.15, 0.2) is 11.8 Å². The monoisotopic (exact) mass is 217 g/mol. The van der Waals surface area contributed by atoms with Gasteiger partial charge in [0.05, 0.1) is 0 Å². The molecule has 11 heavy (non-hydrogen) atoms. The molecule has 7 radical (unpaired) electrons. The molecule has 0 amide bonds. The van der Waals surface area contributed by atoms with Crippen LogP contribution in [0.2, 0.25) is 0 Å². The minimum Gasteiger partial charge on any atom is -0.412 e. The Labute approximate surface area is 74.9 Å². The molecule has 8 heteroatoms. The van der Waals surface area contributed by atoms with Gasteiger partial charge in [0.2, 0.25) is 0 Å². The predicted octanol–water partition coefficient (Wildman–Crippen LogP) is -0.728. The summed E-state index contributed by atoms with van der Waals surface area (Å²) in [6.07, 6.45) is 0. The molecule has 0 N–H and O–H groups in total. The van der Waals surface area contributed by atoms with E-state index in [1.54, 1.807) is 0 Å². The zero-order valence-corrected chi connectivity index (χ0v) is 9.84. The second-order valence-corrected chi connectivity index (χ2v) is 6.92. The molecule has 1 rings (SSSR count). The van der Waals surface area contributed by atoms with E-state index in [9.17, 15) is 0 Å². The molecule has 0 aliphatic carbocycles. The maximum atomic E-state index is 5.26. The van der Waals surface area contributed by atoms with E-state index in [2.05, 4.69) is 6.58 Å². The van der Waals surface area contributed by atoms with Crippen LogP contribution in [-0.2, 0) is 16.5 Å². The van der Waals surface area contributed by atoms with Gasteiger partial charge in [-0.2, -0.15) is 0 Å². The molecule has 1 saturated heterocycles. The van der Waals surface area contributed by atoms with Gasteiger partial charge in [0.25, 0.3) is 0 Å². The molecule has 57 valence electrons. The summed E-state index contributed by atoms with van der Waals surface area (Å²) in [5.41, 5.74) is 0. The quantitative estimate of drug-likeness (QED) is 0.543. The fourth-order valence-electron chi connectivity index (χ4n) is 0.367. The number of hydrogen-bond donors (Lipinski definition) is 0. The van der Waals surface area contributed by atoms with E-state index in [1.165, 1.54) is 0 Å². The van der Waals surface area contributed by atoms with E-state index in [0.717, 1.165) is 5.20 Å². The van der Waals surface area contributed by atoms with Gasteiger partial charge in [-0.05, 0) is 12.1 Å². The van der Waals surface area contributed by atoms with Gasteiger partial charge < -0.3 is 16.5 Å². The molecule has 0 aromatic carbocycles. The highest BCUT2D eigenvalue weighted by atomic mass is 28.4. The lowest BCUT2D eigenvalue weighted by molar-refractivity contribution is 0.334. The van der Waals surface area contributed by atoms with Crippen molar-refractivity contribution in [3.05, 3.63) is 11.8 Å². The summed E-state index contributed by atoms with van der Waals surface area (Å²) in [6, 6.07) is 0. The molecule has 0 aromatic rings. The van der Waals surface area contributed by atoms with Crippen LogP contribution in [0.5, 0.6) is 0 Å². The fourth-order valence-corrected chi connectivity index (χ4v) is 4.81. The summed E-state index contributed by atoms with van der Waals surface area (Å²) in [4.78, 5) is 0. The molecule has 1 heterocycles. The fraction of sp³-hybridized carbons (Fsp3) is 0.333. The van der Waals surface area contributed by atoms with Gasteiger partial charge in [-0.3, -0.25) is 0 Å². The van der Waals surface area contributed by atoms with Crippen molar-refractivity contribution in [2.45, 2.75) is 6.92 Å². The smallest absolute Gasteiger partial charge is 0.412 e. The SMILES string of the molecule is C=C(C)[Si]1O[Si]O[Si]O[Si]O1. The van der Waals surface area contributed by atoms with E-state index in [-0.39, 0.29) is 30.0 Å². The highest BCUT2D eigenvalue weighted by molar-refractivity contribution is 6.65. The Morgan fingerprint density at radius 2 is 1.73 bits per heavy atom. The minimum atomic E-state index is -1.34. The molecule has 1 fully saturated rings. The van der Waals surface area contributed by atoms with Crippen LogP contribution in [0.4, 0.5) is 0 Å². The van der Waals surface area contributed by atoms with Crippen LogP contribution in [0, 0.1) is 0 Å². The first-order chi connectivity index (χ1) is 5.30. The van der Waals surface area contributed by atoms with Crippen LogP contribution >= 0.6 is 0 Å². The third-order valence-corrected chi connectivity index (χ3v) is 4.96. The van der Waals surface area contributed by atoms with Crippen molar-refractivity contribution >= 4 is 39.3 Å². The Morgan fingerprint density at radius 3 is 2.18 bits per heavy atom. The minimum absolute atomic E-state index is 0.0146. The topological polar surface area (TPSA) is 36.9 Å². The van der Waals surface area contributed by atoms with Crippen LogP contribution in [0.3, 0.4) is 0 Å². The van der Waals surface area contributed by atoms with Gasteiger partial charge in [-0.25, -0.2) is 0 Å². The van der Waals surface area contributed by atoms with Gasteiger partial charge in [-0.15, -0.1) is 0 Å². The summed E-state index contributed by atoms with van der Waals surface area (Å²) in [5, 5.41) is 0.924. The van der Waals surface area contributed by atoms with Gasteiger partial charge in [0, 0.05) is 0 Å². The number of allylic oxidation sites excluding steroid dienone is 1. The van der Waals surface area contributed by atoms with E-state index in [0.29, 0.717) is 0 Å². The second kappa shape index (κ2) is 5.16. The summed E-state index contributed by atoms with van der Waals surface area (Å²) in [5.74, 6) is 0. The van der Waals surface area contributed by atoms with Gasteiger partial charge in [-0.1, -0.05) is 6.58 Å². The van der Waals surface area contributed by atoms with Crippen molar-refractivity contribution < 1.29 is 16.5 Å². The zero-order valence-electron chi connectivity index (χ0n) is 5.84. The average Bonchev–Trinajstić information content (AvgIpc) is 1.84. The lowest BCUT2D eigenvalue weighted by Crippen LogP contribution is -2.34. The largest absolute Gasteiger partial charge is 0.413 e. The third kappa shape index (κ3) is 3.57. The normalized spacial score (nSPS) is 22.3. The van der Waals surface area contributed by atoms with Crippen LogP contribution in [0.25, 0.3) is 0 Å². The van der Waals surface area contributed by atoms with E-state index in [4.69, 9.17) is 16.5 Å². The van der Waals surface area contributed by atoms with Crippen molar-refractivity contribution in [3.63, 3.8) is 0 Å². The summed E-state index contributed by atoms with van der Waals surface area (Å²) in [6.45, 7) is 5.63. The van der Waals surface area contributed by atoms with Crippen molar-refractivity contribution in [3.8, 4) is 0 Å².